The van der Waals surface area contributed by atoms with Gasteiger partial charge in [0.25, 0.3) is 0 Å². The van der Waals surface area contributed by atoms with Gasteiger partial charge >= 0.3 is 0 Å². The summed E-state index contributed by atoms with van der Waals surface area (Å²) in [6, 6.07) is 8.41. The topological polar surface area (TPSA) is 0 Å². The molecule has 0 aromatic heterocycles. The van der Waals surface area contributed by atoms with Crippen molar-refractivity contribution in [3.8, 4) is 0 Å². The zero-order valence-corrected chi connectivity index (χ0v) is 8.99. The van der Waals surface area contributed by atoms with E-state index in [1.54, 1.807) is 0 Å². The standard InChI is InChI=1S/C10H9BrS/c11-9-6-5-7-3-1-2-4-8(7)10(9)12/h1-4,9H,5-6H2/t9-/m0/s1. The van der Waals surface area contributed by atoms with Gasteiger partial charge in [-0.25, -0.2) is 0 Å². The predicted octanol–water partition coefficient (Wildman–Crippen LogP) is 3.11. The van der Waals surface area contributed by atoms with Gasteiger partial charge in [0.15, 0.2) is 0 Å². The average molecular weight is 241 g/mol. The molecule has 1 aromatic rings. The van der Waals surface area contributed by atoms with E-state index in [2.05, 4.69) is 40.2 Å². The Morgan fingerprint density at radius 2 is 2.08 bits per heavy atom. The van der Waals surface area contributed by atoms with Crippen LogP contribution in [-0.2, 0) is 6.42 Å². The summed E-state index contributed by atoms with van der Waals surface area (Å²) in [7, 11) is 0. The molecule has 0 unspecified atom stereocenters. The third-order valence-corrected chi connectivity index (χ3v) is 3.96. The average Bonchev–Trinajstić information content (AvgIpc) is 2.12. The van der Waals surface area contributed by atoms with Crippen molar-refractivity contribution in [1.29, 1.82) is 0 Å². The van der Waals surface area contributed by atoms with E-state index in [1.807, 2.05) is 0 Å². The van der Waals surface area contributed by atoms with E-state index in [0.29, 0.717) is 4.83 Å². The van der Waals surface area contributed by atoms with Gasteiger partial charge in [-0.05, 0) is 24.0 Å². The Bertz CT molecular complexity index is 319. The number of rotatable bonds is 0. The molecule has 0 N–H and O–H groups in total. The molecule has 1 atom stereocenters. The van der Waals surface area contributed by atoms with Crippen LogP contribution in [0.5, 0.6) is 0 Å². The van der Waals surface area contributed by atoms with E-state index in [0.717, 1.165) is 17.7 Å². The van der Waals surface area contributed by atoms with Crippen LogP contribution in [0.4, 0.5) is 0 Å². The van der Waals surface area contributed by atoms with Gasteiger partial charge in [-0.3, -0.25) is 0 Å². The molecule has 12 heavy (non-hydrogen) atoms. The summed E-state index contributed by atoms with van der Waals surface area (Å²) in [4.78, 5) is 1.47. The molecule has 1 aliphatic carbocycles. The maximum absolute atomic E-state index is 5.34. The molecule has 2 rings (SSSR count). The largest absolute Gasteiger partial charge is 0.0830 e. The van der Waals surface area contributed by atoms with Gasteiger partial charge in [0.1, 0.15) is 0 Å². The first-order valence-corrected chi connectivity index (χ1v) is 5.37. The molecule has 0 saturated heterocycles. The lowest BCUT2D eigenvalue weighted by Gasteiger charge is -2.20. The lowest BCUT2D eigenvalue weighted by Crippen LogP contribution is -2.20. The molecule has 0 aliphatic heterocycles. The number of fused-ring (bicyclic) bond motifs is 1. The van der Waals surface area contributed by atoms with Crippen molar-refractivity contribution in [1.82, 2.24) is 0 Å². The highest BCUT2D eigenvalue weighted by atomic mass is 79.9. The smallest absolute Gasteiger partial charge is 0.0506 e. The van der Waals surface area contributed by atoms with E-state index in [9.17, 15) is 0 Å². The molecule has 1 aliphatic rings. The van der Waals surface area contributed by atoms with Crippen LogP contribution >= 0.6 is 28.1 Å². The monoisotopic (exact) mass is 240 g/mol. The predicted molar refractivity (Wildman–Crippen MR) is 59.2 cm³/mol. The number of hydrogen-bond acceptors (Lipinski definition) is 1. The molecule has 2 heteroatoms. The summed E-state index contributed by atoms with van der Waals surface area (Å²) < 4.78 is 0. The Labute approximate surface area is 86.1 Å². The molecule has 0 fully saturated rings. The summed E-state index contributed by atoms with van der Waals surface area (Å²) in [5.41, 5.74) is 2.67. The highest BCUT2D eigenvalue weighted by Gasteiger charge is 2.20. The molecule has 0 spiro atoms. The highest BCUT2D eigenvalue weighted by Crippen LogP contribution is 2.26. The van der Waals surface area contributed by atoms with Crippen LogP contribution in [0.25, 0.3) is 0 Å². The molecule has 0 radical (unpaired) electrons. The third kappa shape index (κ3) is 1.34. The van der Waals surface area contributed by atoms with Gasteiger partial charge < -0.3 is 0 Å². The van der Waals surface area contributed by atoms with E-state index >= 15 is 0 Å². The number of alkyl halides is 1. The second kappa shape index (κ2) is 3.27. The molecule has 62 valence electrons. The maximum Gasteiger partial charge on any atom is 0.0506 e. The fourth-order valence-electron chi connectivity index (χ4n) is 1.56. The van der Waals surface area contributed by atoms with Gasteiger partial charge in [-0.15, -0.1) is 0 Å². The fraction of sp³-hybridized carbons (Fsp3) is 0.300. The van der Waals surface area contributed by atoms with Gasteiger partial charge in [-0.1, -0.05) is 52.4 Å². The summed E-state index contributed by atoms with van der Waals surface area (Å²) >= 11 is 8.92. The van der Waals surface area contributed by atoms with E-state index < -0.39 is 0 Å². The van der Waals surface area contributed by atoms with Crippen LogP contribution in [0.15, 0.2) is 24.3 Å². The van der Waals surface area contributed by atoms with Crippen LogP contribution in [0, 0.1) is 0 Å². The molecular formula is C10H9BrS. The molecule has 0 nitrogen and oxygen atoms in total. The fourth-order valence-corrected chi connectivity index (χ4v) is 2.35. The zero-order chi connectivity index (χ0) is 8.55. The Morgan fingerprint density at radius 1 is 1.33 bits per heavy atom. The van der Waals surface area contributed by atoms with Crippen molar-refractivity contribution in [3.05, 3.63) is 35.4 Å². The van der Waals surface area contributed by atoms with Crippen LogP contribution in [-0.4, -0.2) is 9.69 Å². The van der Waals surface area contributed by atoms with Crippen molar-refractivity contribution >= 4 is 33.0 Å². The third-order valence-electron chi connectivity index (χ3n) is 2.23. The van der Waals surface area contributed by atoms with Crippen LogP contribution in [0.1, 0.15) is 17.5 Å². The summed E-state index contributed by atoms with van der Waals surface area (Å²) in [5.74, 6) is 0. The summed E-state index contributed by atoms with van der Waals surface area (Å²) in [6.45, 7) is 0. The molecule has 0 saturated carbocycles. The molecule has 0 heterocycles. The first-order chi connectivity index (χ1) is 5.79. The number of halogens is 1. The summed E-state index contributed by atoms with van der Waals surface area (Å²) in [6.07, 6.45) is 2.28. The quantitative estimate of drug-likeness (QED) is 0.496. The van der Waals surface area contributed by atoms with Crippen molar-refractivity contribution < 1.29 is 0 Å². The second-order valence-electron chi connectivity index (χ2n) is 3.03. The van der Waals surface area contributed by atoms with Crippen molar-refractivity contribution in [2.24, 2.45) is 0 Å². The van der Waals surface area contributed by atoms with Crippen LogP contribution in [0.3, 0.4) is 0 Å². The Balaban J connectivity index is 2.49. The van der Waals surface area contributed by atoms with Gasteiger partial charge in [0.05, 0.1) is 4.83 Å². The van der Waals surface area contributed by atoms with E-state index in [1.165, 1.54) is 11.1 Å². The SMILES string of the molecule is S=C1c2ccccc2CC[C@@H]1Br. The van der Waals surface area contributed by atoms with Gasteiger partial charge in [0.2, 0.25) is 0 Å². The number of aryl methyl sites for hydroxylation is 1. The van der Waals surface area contributed by atoms with Crippen molar-refractivity contribution in [3.63, 3.8) is 0 Å². The second-order valence-corrected chi connectivity index (χ2v) is 4.57. The van der Waals surface area contributed by atoms with Gasteiger partial charge in [0, 0.05) is 4.86 Å². The van der Waals surface area contributed by atoms with E-state index in [4.69, 9.17) is 12.2 Å². The lowest BCUT2D eigenvalue weighted by molar-refractivity contribution is 0.867. The highest BCUT2D eigenvalue weighted by molar-refractivity contribution is 9.10. The molecule has 1 aromatic carbocycles. The molecule has 0 bridgehead atoms. The van der Waals surface area contributed by atoms with Crippen LogP contribution in [0.2, 0.25) is 0 Å². The maximum atomic E-state index is 5.34. The zero-order valence-electron chi connectivity index (χ0n) is 6.59. The minimum atomic E-state index is 0.405. The van der Waals surface area contributed by atoms with Crippen molar-refractivity contribution in [2.45, 2.75) is 17.7 Å². The van der Waals surface area contributed by atoms with E-state index in [-0.39, 0.29) is 0 Å². The lowest BCUT2D eigenvalue weighted by atomic mass is 9.92. The van der Waals surface area contributed by atoms with Gasteiger partial charge in [-0.2, -0.15) is 0 Å². The first-order valence-electron chi connectivity index (χ1n) is 4.05. The van der Waals surface area contributed by atoms with Crippen molar-refractivity contribution in [2.75, 3.05) is 0 Å². The summed E-state index contributed by atoms with van der Waals surface area (Å²) in [5, 5.41) is 0. The number of benzene rings is 1. The molecular weight excluding hydrogens is 232 g/mol. The minimum absolute atomic E-state index is 0.405. The number of thiocarbonyl (C=S) groups is 1. The number of hydrogen-bond donors (Lipinski definition) is 0. The minimum Gasteiger partial charge on any atom is -0.0830 e. The first kappa shape index (κ1) is 8.39. The Hall–Kier alpha value is -0.210. The normalized spacial score (nSPS) is 22.1. The molecule has 0 amide bonds. The van der Waals surface area contributed by atoms with Crippen LogP contribution < -0.4 is 0 Å². The Morgan fingerprint density at radius 3 is 2.92 bits per heavy atom. The Kier molecular flexibility index (Phi) is 2.28.